The fraction of sp³-hybridized carbons (Fsp3) is 0.471. The van der Waals surface area contributed by atoms with Crippen LogP contribution in [0.4, 0.5) is 5.69 Å². The van der Waals surface area contributed by atoms with Gasteiger partial charge < -0.3 is 9.64 Å². The number of carbonyl (C=O) groups is 1. The molecule has 0 fully saturated rings. The van der Waals surface area contributed by atoms with Gasteiger partial charge in [0.25, 0.3) is 5.91 Å². The van der Waals surface area contributed by atoms with Gasteiger partial charge in [-0.15, -0.1) is 5.10 Å². The molecule has 0 aliphatic carbocycles. The SMILES string of the molecule is CCCCc1cn(CCCN2C(=O)COc3ccccc32)nn1. The predicted octanol–water partition coefficient (Wildman–Crippen LogP) is 2.44. The van der Waals surface area contributed by atoms with Crippen LogP contribution < -0.4 is 9.64 Å². The van der Waals surface area contributed by atoms with Gasteiger partial charge in [0.15, 0.2) is 6.61 Å². The molecule has 0 bridgehead atoms. The lowest BCUT2D eigenvalue weighted by Crippen LogP contribution is -2.39. The number of rotatable bonds is 7. The molecule has 122 valence electrons. The van der Waals surface area contributed by atoms with Crippen LogP contribution >= 0.6 is 0 Å². The summed E-state index contributed by atoms with van der Waals surface area (Å²) in [6, 6.07) is 7.65. The van der Waals surface area contributed by atoms with Crippen LogP contribution in [0.5, 0.6) is 5.75 Å². The van der Waals surface area contributed by atoms with Crippen LogP contribution in [0.3, 0.4) is 0 Å². The molecule has 2 heterocycles. The number of benzene rings is 1. The van der Waals surface area contributed by atoms with E-state index < -0.39 is 0 Å². The van der Waals surface area contributed by atoms with Crippen molar-refractivity contribution in [3.05, 3.63) is 36.2 Å². The lowest BCUT2D eigenvalue weighted by Gasteiger charge is -2.29. The van der Waals surface area contributed by atoms with E-state index in [1.54, 1.807) is 4.90 Å². The molecule has 0 unspecified atom stereocenters. The summed E-state index contributed by atoms with van der Waals surface area (Å²) in [6.45, 7) is 3.69. The fourth-order valence-electron chi connectivity index (χ4n) is 2.71. The Balaban J connectivity index is 1.56. The zero-order valence-corrected chi connectivity index (χ0v) is 13.4. The van der Waals surface area contributed by atoms with E-state index in [0.717, 1.165) is 49.4 Å². The molecule has 1 aliphatic rings. The van der Waals surface area contributed by atoms with E-state index in [-0.39, 0.29) is 12.5 Å². The summed E-state index contributed by atoms with van der Waals surface area (Å²) in [5.41, 5.74) is 1.89. The Hall–Kier alpha value is -2.37. The second-order valence-electron chi connectivity index (χ2n) is 5.73. The van der Waals surface area contributed by atoms with Gasteiger partial charge >= 0.3 is 0 Å². The zero-order valence-electron chi connectivity index (χ0n) is 13.4. The summed E-state index contributed by atoms with van der Waals surface area (Å²) in [7, 11) is 0. The van der Waals surface area contributed by atoms with Crippen LogP contribution in [0.2, 0.25) is 0 Å². The van der Waals surface area contributed by atoms with Crippen molar-refractivity contribution in [3.63, 3.8) is 0 Å². The number of anilines is 1. The number of unbranched alkanes of at least 4 members (excludes halogenated alkanes) is 1. The molecule has 0 saturated heterocycles. The lowest BCUT2D eigenvalue weighted by atomic mass is 10.2. The third kappa shape index (κ3) is 3.70. The minimum Gasteiger partial charge on any atom is -0.482 e. The molecule has 1 aromatic heterocycles. The maximum Gasteiger partial charge on any atom is 0.265 e. The Bertz CT molecular complexity index is 668. The topological polar surface area (TPSA) is 60.2 Å². The van der Waals surface area contributed by atoms with E-state index in [4.69, 9.17) is 4.74 Å². The number of nitrogens with zero attached hydrogens (tertiary/aromatic N) is 4. The quantitative estimate of drug-likeness (QED) is 0.787. The number of aromatic nitrogens is 3. The molecule has 6 heteroatoms. The van der Waals surface area contributed by atoms with Crippen molar-refractivity contribution in [2.75, 3.05) is 18.1 Å². The van der Waals surface area contributed by atoms with E-state index in [9.17, 15) is 4.79 Å². The highest BCUT2D eigenvalue weighted by Crippen LogP contribution is 2.31. The second kappa shape index (κ2) is 7.26. The number of aryl methyl sites for hydroxylation is 2. The highest BCUT2D eigenvalue weighted by atomic mass is 16.5. The van der Waals surface area contributed by atoms with Gasteiger partial charge in [0.1, 0.15) is 5.75 Å². The van der Waals surface area contributed by atoms with Crippen LogP contribution in [0.1, 0.15) is 31.9 Å². The van der Waals surface area contributed by atoms with Crippen molar-refractivity contribution in [1.29, 1.82) is 0 Å². The Morgan fingerprint density at radius 1 is 1.22 bits per heavy atom. The number of hydrogen-bond acceptors (Lipinski definition) is 4. The van der Waals surface area contributed by atoms with E-state index in [1.807, 2.05) is 35.1 Å². The summed E-state index contributed by atoms with van der Waals surface area (Å²) in [4.78, 5) is 13.9. The average Bonchev–Trinajstić information content (AvgIpc) is 3.03. The van der Waals surface area contributed by atoms with Gasteiger partial charge in [0, 0.05) is 19.3 Å². The van der Waals surface area contributed by atoms with Crippen LogP contribution in [0.15, 0.2) is 30.5 Å². The van der Waals surface area contributed by atoms with E-state index >= 15 is 0 Å². The minimum atomic E-state index is 0.00549. The van der Waals surface area contributed by atoms with E-state index in [2.05, 4.69) is 17.2 Å². The van der Waals surface area contributed by atoms with Crippen LogP contribution in [-0.4, -0.2) is 34.1 Å². The Labute approximate surface area is 136 Å². The molecule has 2 aromatic rings. The molecule has 1 amide bonds. The molecular formula is C17H22N4O2. The Morgan fingerprint density at radius 3 is 2.96 bits per heavy atom. The number of amides is 1. The number of para-hydroxylation sites is 2. The first-order chi connectivity index (χ1) is 11.3. The molecule has 0 radical (unpaired) electrons. The smallest absolute Gasteiger partial charge is 0.265 e. The first-order valence-electron chi connectivity index (χ1n) is 8.19. The van der Waals surface area contributed by atoms with Gasteiger partial charge in [-0.2, -0.15) is 0 Å². The summed E-state index contributed by atoms with van der Waals surface area (Å²) in [5.74, 6) is 0.778. The number of ether oxygens (including phenoxy) is 1. The number of hydrogen-bond donors (Lipinski definition) is 0. The molecule has 0 spiro atoms. The Morgan fingerprint density at radius 2 is 2.09 bits per heavy atom. The van der Waals surface area contributed by atoms with Crippen LogP contribution in [0.25, 0.3) is 0 Å². The van der Waals surface area contributed by atoms with Crippen LogP contribution in [0, 0.1) is 0 Å². The molecule has 0 N–H and O–H groups in total. The van der Waals surface area contributed by atoms with Crippen molar-refractivity contribution >= 4 is 11.6 Å². The van der Waals surface area contributed by atoms with Crippen molar-refractivity contribution < 1.29 is 9.53 Å². The molecule has 1 aromatic carbocycles. The number of fused-ring (bicyclic) bond motifs is 1. The average molecular weight is 314 g/mol. The highest BCUT2D eigenvalue weighted by molar-refractivity contribution is 5.97. The molecule has 23 heavy (non-hydrogen) atoms. The first kappa shape index (κ1) is 15.5. The van der Waals surface area contributed by atoms with Gasteiger partial charge in [-0.05, 0) is 31.4 Å². The van der Waals surface area contributed by atoms with Crippen molar-refractivity contribution in [3.8, 4) is 5.75 Å². The Kier molecular flexibility index (Phi) is 4.90. The van der Waals surface area contributed by atoms with Gasteiger partial charge in [-0.3, -0.25) is 9.48 Å². The fourth-order valence-corrected chi connectivity index (χ4v) is 2.71. The standard InChI is InChI=1S/C17H22N4O2/c1-2-3-7-14-12-20(19-18-14)10-6-11-21-15-8-4-5-9-16(15)23-13-17(21)22/h4-5,8-9,12H,2-3,6-7,10-11,13H2,1H3. The summed E-state index contributed by atoms with van der Waals surface area (Å²) < 4.78 is 7.32. The van der Waals surface area contributed by atoms with Crippen molar-refractivity contribution in [1.82, 2.24) is 15.0 Å². The minimum absolute atomic E-state index is 0.00549. The van der Waals surface area contributed by atoms with E-state index in [0.29, 0.717) is 6.54 Å². The summed E-state index contributed by atoms with van der Waals surface area (Å²) in [6.07, 6.45) is 6.11. The molecule has 0 atom stereocenters. The van der Waals surface area contributed by atoms with Crippen molar-refractivity contribution in [2.24, 2.45) is 0 Å². The highest BCUT2D eigenvalue weighted by Gasteiger charge is 2.24. The summed E-state index contributed by atoms with van der Waals surface area (Å²) in [5, 5.41) is 8.34. The second-order valence-corrected chi connectivity index (χ2v) is 5.73. The van der Waals surface area contributed by atoms with Gasteiger partial charge in [-0.1, -0.05) is 30.7 Å². The van der Waals surface area contributed by atoms with Crippen LogP contribution in [-0.2, 0) is 17.8 Å². The molecule has 3 rings (SSSR count). The molecular weight excluding hydrogens is 292 g/mol. The maximum absolute atomic E-state index is 12.1. The van der Waals surface area contributed by atoms with E-state index in [1.165, 1.54) is 0 Å². The predicted molar refractivity (Wildman–Crippen MR) is 87.5 cm³/mol. The number of carbonyl (C=O) groups excluding carboxylic acids is 1. The molecule has 6 nitrogen and oxygen atoms in total. The normalized spacial score (nSPS) is 13.8. The third-order valence-electron chi connectivity index (χ3n) is 3.95. The summed E-state index contributed by atoms with van der Waals surface area (Å²) >= 11 is 0. The largest absolute Gasteiger partial charge is 0.482 e. The molecule has 0 saturated carbocycles. The van der Waals surface area contributed by atoms with Gasteiger partial charge in [0.2, 0.25) is 0 Å². The first-order valence-corrected chi connectivity index (χ1v) is 8.19. The van der Waals surface area contributed by atoms with Crippen molar-refractivity contribution in [2.45, 2.75) is 39.2 Å². The lowest BCUT2D eigenvalue weighted by molar-refractivity contribution is -0.121. The molecule has 1 aliphatic heterocycles. The maximum atomic E-state index is 12.1. The zero-order chi connectivity index (χ0) is 16.1. The van der Waals surface area contributed by atoms with Gasteiger partial charge in [-0.25, -0.2) is 0 Å². The monoisotopic (exact) mass is 314 g/mol. The third-order valence-corrected chi connectivity index (χ3v) is 3.95. The van der Waals surface area contributed by atoms with Gasteiger partial charge in [0.05, 0.1) is 11.4 Å².